The third kappa shape index (κ3) is 4.52. The molecule has 0 saturated carbocycles. The van der Waals surface area contributed by atoms with Crippen molar-refractivity contribution in [1.82, 2.24) is 30.3 Å². The predicted molar refractivity (Wildman–Crippen MR) is 113 cm³/mol. The van der Waals surface area contributed by atoms with Crippen molar-refractivity contribution in [3.63, 3.8) is 0 Å². The lowest BCUT2D eigenvalue weighted by atomic mass is 10.2. The molecule has 30 heavy (non-hydrogen) atoms. The molecule has 4 aromatic rings. The summed E-state index contributed by atoms with van der Waals surface area (Å²) >= 11 is 7.68. The topological polar surface area (TPSA) is 98.7 Å². The molecule has 10 heteroatoms. The van der Waals surface area contributed by atoms with Crippen LogP contribution in [0.1, 0.15) is 27.5 Å². The summed E-state index contributed by atoms with van der Waals surface area (Å²) in [5.41, 5.74) is 2.50. The van der Waals surface area contributed by atoms with Crippen molar-refractivity contribution in [3.05, 3.63) is 82.8 Å². The van der Waals surface area contributed by atoms with Crippen LogP contribution in [0.4, 0.5) is 0 Å². The largest absolute Gasteiger partial charge is 0.467 e. The second-order valence-corrected chi connectivity index (χ2v) is 7.66. The number of rotatable bonds is 7. The van der Waals surface area contributed by atoms with E-state index in [0.717, 1.165) is 5.56 Å². The number of carbonyl (C=O) groups is 1. The Hall–Kier alpha value is -3.17. The van der Waals surface area contributed by atoms with Crippen LogP contribution in [0.2, 0.25) is 5.02 Å². The molecular formula is C20H17ClN6O2S. The summed E-state index contributed by atoms with van der Waals surface area (Å²) in [7, 11) is 0. The molecule has 8 nitrogen and oxygen atoms in total. The number of furan rings is 1. The number of aromatic nitrogens is 5. The van der Waals surface area contributed by atoms with Crippen LogP contribution < -0.4 is 5.32 Å². The van der Waals surface area contributed by atoms with Crippen molar-refractivity contribution >= 4 is 29.3 Å². The fourth-order valence-corrected chi connectivity index (χ4v) is 3.66. The molecule has 1 aromatic carbocycles. The maximum Gasteiger partial charge on any atom is 0.274 e. The first-order valence-corrected chi connectivity index (χ1v) is 10.4. The van der Waals surface area contributed by atoms with Gasteiger partial charge < -0.3 is 9.73 Å². The number of nitrogens with zero attached hydrogens (tertiary/aromatic N) is 5. The van der Waals surface area contributed by atoms with Gasteiger partial charge in [0.1, 0.15) is 5.76 Å². The molecule has 152 valence electrons. The number of halogens is 1. The van der Waals surface area contributed by atoms with Gasteiger partial charge in [-0.2, -0.15) is 0 Å². The third-order valence-electron chi connectivity index (χ3n) is 4.26. The van der Waals surface area contributed by atoms with Crippen molar-refractivity contribution < 1.29 is 9.21 Å². The molecule has 0 atom stereocenters. The number of amides is 1. The number of benzene rings is 1. The molecule has 1 amide bonds. The average Bonchev–Trinajstić information content (AvgIpc) is 3.43. The van der Waals surface area contributed by atoms with Gasteiger partial charge in [0.05, 0.1) is 24.2 Å². The summed E-state index contributed by atoms with van der Waals surface area (Å²) < 4.78 is 6.88. The van der Waals surface area contributed by atoms with Crippen LogP contribution in [0, 0.1) is 6.92 Å². The highest BCUT2D eigenvalue weighted by atomic mass is 35.5. The molecular weight excluding hydrogens is 424 g/mol. The van der Waals surface area contributed by atoms with E-state index in [1.165, 1.54) is 11.8 Å². The quantitative estimate of drug-likeness (QED) is 0.344. The maximum atomic E-state index is 12.8. The summed E-state index contributed by atoms with van der Waals surface area (Å²) in [5.74, 6) is 0.696. The minimum Gasteiger partial charge on any atom is -0.467 e. The van der Waals surface area contributed by atoms with Gasteiger partial charge in [0.2, 0.25) is 0 Å². The van der Waals surface area contributed by atoms with Gasteiger partial charge in [-0.15, -0.1) is 5.10 Å². The zero-order valence-electron chi connectivity index (χ0n) is 15.9. The lowest BCUT2D eigenvalue weighted by Crippen LogP contribution is -2.24. The van der Waals surface area contributed by atoms with Crippen LogP contribution >= 0.6 is 23.4 Å². The van der Waals surface area contributed by atoms with Crippen LogP contribution in [0.25, 0.3) is 5.69 Å². The van der Waals surface area contributed by atoms with E-state index < -0.39 is 0 Å². The summed E-state index contributed by atoms with van der Waals surface area (Å²) in [6, 6.07) is 10.9. The summed E-state index contributed by atoms with van der Waals surface area (Å²) in [4.78, 5) is 21.2. The molecule has 0 fully saturated rings. The highest BCUT2D eigenvalue weighted by molar-refractivity contribution is 7.98. The molecule has 0 aliphatic heterocycles. The first-order chi connectivity index (χ1) is 14.6. The standard InChI is InChI=1S/C20H17ClN6O2S/c1-13-5-6-14(10-16(13)21)27-17(12-30-20-22-7-3-8-23-20)18(25-26-27)19(28)24-11-15-4-2-9-29-15/h2-10H,11-12H2,1H3,(H,24,28). The van der Waals surface area contributed by atoms with Crippen LogP contribution in [0.15, 0.2) is 64.6 Å². The maximum absolute atomic E-state index is 12.8. The molecule has 0 bridgehead atoms. The molecule has 0 aliphatic carbocycles. The second kappa shape index (κ2) is 9.10. The number of aryl methyl sites for hydroxylation is 1. The van der Waals surface area contributed by atoms with Gasteiger partial charge in [-0.3, -0.25) is 4.79 Å². The Morgan fingerprint density at radius 2 is 2.07 bits per heavy atom. The van der Waals surface area contributed by atoms with Crippen LogP contribution in [0.5, 0.6) is 0 Å². The van der Waals surface area contributed by atoms with Gasteiger partial charge >= 0.3 is 0 Å². The van der Waals surface area contributed by atoms with E-state index in [9.17, 15) is 4.79 Å². The predicted octanol–water partition coefficient (Wildman–Crippen LogP) is 3.83. The minimum atomic E-state index is -0.347. The van der Waals surface area contributed by atoms with Crippen molar-refractivity contribution in [1.29, 1.82) is 0 Å². The van der Waals surface area contributed by atoms with Crippen molar-refractivity contribution in [3.8, 4) is 5.69 Å². The SMILES string of the molecule is Cc1ccc(-n2nnc(C(=O)NCc3ccco3)c2CSc2ncccn2)cc1Cl. The lowest BCUT2D eigenvalue weighted by Gasteiger charge is -2.09. The zero-order valence-corrected chi connectivity index (χ0v) is 17.5. The monoisotopic (exact) mass is 440 g/mol. The highest BCUT2D eigenvalue weighted by Gasteiger charge is 2.21. The van der Waals surface area contributed by atoms with Crippen LogP contribution in [0.3, 0.4) is 0 Å². The fourth-order valence-electron chi connectivity index (χ4n) is 2.69. The summed E-state index contributed by atoms with van der Waals surface area (Å²) in [6.45, 7) is 2.17. The third-order valence-corrected chi connectivity index (χ3v) is 5.56. The van der Waals surface area contributed by atoms with E-state index >= 15 is 0 Å². The van der Waals surface area contributed by atoms with E-state index in [2.05, 4.69) is 25.6 Å². The summed E-state index contributed by atoms with van der Waals surface area (Å²) in [5, 5.41) is 12.3. The van der Waals surface area contributed by atoms with E-state index in [-0.39, 0.29) is 18.1 Å². The zero-order chi connectivity index (χ0) is 20.9. The van der Waals surface area contributed by atoms with Crippen LogP contribution in [-0.4, -0.2) is 30.9 Å². The van der Waals surface area contributed by atoms with Gasteiger partial charge in [-0.25, -0.2) is 14.6 Å². The first kappa shape index (κ1) is 20.1. The van der Waals surface area contributed by atoms with Gasteiger partial charge in [0, 0.05) is 23.2 Å². The Balaban J connectivity index is 1.63. The second-order valence-electron chi connectivity index (χ2n) is 6.31. The lowest BCUT2D eigenvalue weighted by molar-refractivity contribution is 0.0942. The van der Waals surface area contributed by atoms with Crippen molar-refractivity contribution in [2.24, 2.45) is 0 Å². The Bertz CT molecular complexity index is 1150. The molecule has 0 aliphatic rings. The van der Waals surface area contributed by atoms with Gasteiger partial charge in [0.15, 0.2) is 10.9 Å². The first-order valence-electron chi connectivity index (χ1n) is 9.03. The van der Waals surface area contributed by atoms with Gasteiger partial charge in [-0.05, 0) is 42.8 Å². The molecule has 3 heterocycles. The molecule has 0 radical (unpaired) electrons. The van der Waals surface area contributed by atoms with Crippen molar-refractivity contribution in [2.45, 2.75) is 24.4 Å². The Morgan fingerprint density at radius 1 is 1.23 bits per heavy atom. The summed E-state index contributed by atoms with van der Waals surface area (Å²) in [6.07, 6.45) is 4.89. The van der Waals surface area contributed by atoms with Crippen molar-refractivity contribution in [2.75, 3.05) is 0 Å². The molecule has 4 rings (SSSR count). The van der Waals surface area contributed by atoms with E-state index in [4.69, 9.17) is 16.0 Å². The number of hydrogen-bond acceptors (Lipinski definition) is 7. The molecule has 1 N–H and O–H groups in total. The average molecular weight is 441 g/mol. The van der Waals surface area contributed by atoms with Gasteiger partial charge in [-0.1, -0.05) is 34.6 Å². The number of thioether (sulfide) groups is 1. The Kier molecular flexibility index (Phi) is 6.10. The van der Waals surface area contributed by atoms with Gasteiger partial charge in [0.25, 0.3) is 5.91 Å². The molecule has 0 unspecified atom stereocenters. The molecule has 0 spiro atoms. The number of nitrogens with one attached hydrogen (secondary N) is 1. The Morgan fingerprint density at radius 3 is 2.80 bits per heavy atom. The van der Waals surface area contributed by atoms with Crippen LogP contribution in [-0.2, 0) is 12.3 Å². The normalized spacial score (nSPS) is 10.9. The molecule has 3 aromatic heterocycles. The fraction of sp³-hybridized carbons (Fsp3) is 0.150. The number of hydrogen-bond donors (Lipinski definition) is 1. The Labute approximate surface area is 181 Å². The highest BCUT2D eigenvalue weighted by Crippen LogP contribution is 2.25. The van der Waals surface area contributed by atoms with E-state index in [0.29, 0.717) is 33.1 Å². The van der Waals surface area contributed by atoms with E-state index in [1.807, 2.05) is 19.1 Å². The smallest absolute Gasteiger partial charge is 0.274 e. The number of carbonyl (C=O) groups excluding carboxylic acids is 1. The minimum absolute atomic E-state index is 0.224. The van der Waals surface area contributed by atoms with E-state index in [1.54, 1.807) is 47.6 Å². The molecule has 0 saturated heterocycles.